The molecule has 88 valence electrons. The maximum Gasteiger partial charge on any atom is 0.282 e. The van der Waals surface area contributed by atoms with Crippen LogP contribution in [0.3, 0.4) is 0 Å². The van der Waals surface area contributed by atoms with E-state index in [2.05, 4.69) is 22.0 Å². The summed E-state index contributed by atoms with van der Waals surface area (Å²) in [6.07, 6.45) is 1.85. The SMILES string of the molecule is C=CC[NH2+]Cc1nc(-c2cccc(C)c2)no1. The molecule has 0 fully saturated rings. The Morgan fingerprint density at radius 1 is 1.47 bits per heavy atom. The number of aromatic nitrogens is 2. The smallest absolute Gasteiger partial charge is 0.282 e. The first-order valence-corrected chi connectivity index (χ1v) is 5.62. The third-order valence-corrected chi connectivity index (χ3v) is 2.40. The Hall–Kier alpha value is -1.94. The van der Waals surface area contributed by atoms with E-state index in [0.717, 1.165) is 12.1 Å². The molecule has 0 aliphatic carbocycles. The van der Waals surface area contributed by atoms with E-state index in [0.29, 0.717) is 18.3 Å². The third kappa shape index (κ3) is 3.01. The molecule has 1 aromatic carbocycles. The topological polar surface area (TPSA) is 55.5 Å². The number of nitrogens with two attached hydrogens (primary N) is 1. The van der Waals surface area contributed by atoms with Gasteiger partial charge >= 0.3 is 0 Å². The maximum absolute atomic E-state index is 5.18. The number of nitrogens with zero attached hydrogens (tertiary/aromatic N) is 2. The number of benzene rings is 1. The van der Waals surface area contributed by atoms with Gasteiger partial charge in [0, 0.05) is 5.56 Å². The van der Waals surface area contributed by atoms with Gasteiger partial charge in [0.05, 0.1) is 6.54 Å². The third-order valence-electron chi connectivity index (χ3n) is 2.40. The summed E-state index contributed by atoms with van der Waals surface area (Å²) in [4.78, 5) is 4.35. The van der Waals surface area contributed by atoms with Crippen LogP contribution in [0.25, 0.3) is 11.4 Å². The summed E-state index contributed by atoms with van der Waals surface area (Å²) in [5.74, 6) is 1.29. The van der Waals surface area contributed by atoms with E-state index in [1.54, 1.807) is 0 Å². The van der Waals surface area contributed by atoms with Crippen molar-refractivity contribution in [3.05, 3.63) is 48.4 Å². The molecule has 0 atom stereocenters. The van der Waals surface area contributed by atoms with Crippen LogP contribution in [0, 0.1) is 6.92 Å². The first-order valence-electron chi connectivity index (χ1n) is 5.62. The van der Waals surface area contributed by atoms with Crippen LogP contribution in [-0.4, -0.2) is 16.7 Å². The molecular weight excluding hydrogens is 214 g/mol. The molecule has 0 unspecified atom stereocenters. The molecule has 1 aromatic heterocycles. The van der Waals surface area contributed by atoms with Gasteiger partial charge in [0.25, 0.3) is 5.89 Å². The minimum atomic E-state index is 0.642. The van der Waals surface area contributed by atoms with E-state index in [1.165, 1.54) is 5.56 Å². The first kappa shape index (κ1) is 11.5. The molecule has 4 nitrogen and oxygen atoms in total. The second-order valence-corrected chi connectivity index (χ2v) is 3.90. The van der Waals surface area contributed by atoms with E-state index in [4.69, 9.17) is 4.52 Å². The van der Waals surface area contributed by atoms with E-state index >= 15 is 0 Å². The molecule has 17 heavy (non-hydrogen) atoms. The minimum absolute atomic E-state index is 0.642. The average molecular weight is 230 g/mol. The Morgan fingerprint density at radius 3 is 3.12 bits per heavy atom. The zero-order valence-electron chi connectivity index (χ0n) is 9.89. The van der Waals surface area contributed by atoms with Crippen molar-refractivity contribution >= 4 is 0 Å². The minimum Gasteiger partial charge on any atom is -0.335 e. The number of quaternary nitrogens is 1. The van der Waals surface area contributed by atoms with Gasteiger partial charge in [0.1, 0.15) is 0 Å². The highest BCUT2D eigenvalue weighted by Crippen LogP contribution is 2.16. The highest BCUT2D eigenvalue weighted by molar-refractivity contribution is 5.55. The van der Waals surface area contributed by atoms with Gasteiger partial charge in [-0.05, 0) is 19.1 Å². The molecule has 0 spiro atoms. The predicted octanol–water partition coefficient (Wildman–Crippen LogP) is 1.29. The standard InChI is InChI=1S/C13H15N3O/c1-3-7-14-9-12-15-13(16-17-12)11-6-4-5-10(2)8-11/h3-6,8,14H,1,7,9H2,2H3/p+1. The molecule has 0 aliphatic heterocycles. The Morgan fingerprint density at radius 2 is 2.35 bits per heavy atom. The van der Waals surface area contributed by atoms with Crippen LogP contribution in [0.2, 0.25) is 0 Å². The molecular formula is C13H16N3O+. The van der Waals surface area contributed by atoms with Gasteiger partial charge in [-0.25, -0.2) is 0 Å². The van der Waals surface area contributed by atoms with Crippen LogP contribution in [0.1, 0.15) is 11.5 Å². The Bertz CT molecular complexity index is 505. The van der Waals surface area contributed by atoms with Crippen molar-refractivity contribution in [3.8, 4) is 11.4 Å². The van der Waals surface area contributed by atoms with Crippen molar-refractivity contribution in [1.29, 1.82) is 0 Å². The van der Waals surface area contributed by atoms with Crippen molar-refractivity contribution < 1.29 is 9.84 Å². The second-order valence-electron chi connectivity index (χ2n) is 3.90. The fourth-order valence-corrected chi connectivity index (χ4v) is 1.56. The van der Waals surface area contributed by atoms with Crippen molar-refractivity contribution in [2.45, 2.75) is 13.5 Å². The fourth-order valence-electron chi connectivity index (χ4n) is 1.56. The summed E-state index contributed by atoms with van der Waals surface area (Å²) in [6, 6.07) is 8.06. The number of rotatable bonds is 5. The summed E-state index contributed by atoms with van der Waals surface area (Å²) >= 11 is 0. The monoisotopic (exact) mass is 230 g/mol. The summed E-state index contributed by atoms with van der Waals surface area (Å²) in [5, 5.41) is 6.03. The molecule has 2 N–H and O–H groups in total. The molecule has 0 amide bonds. The van der Waals surface area contributed by atoms with Crippen molar-refractivity contribution in [2.75, 3.05) is 6.54 Å². The van der Waals surface area contributed by atoms with E-state index in [9.17, 15) is 0 Å². The number of hydrogen-bond donors (Lipinski definition) is 1. The van der Waals surface area contributed by atoms with Crippen LogP contribution >= 0.6 is 0 Å². The van der Waals surface area contributed by atoms with Gasteiger partial charge in [-0.15, -0.1) is 0 Å². The highest BCUT2D eigenvalue weighted by atomic mass is 16.5. The molecule has 4 heteroatoms. The lowest BCUT2D eigenvalue weighted by molar-refractivity contribution is -0.664. The highest BCUT2D eigenvalue weighted by Gasteiger charge is 2.09. The predicted molar refractivity (Wildman–Crippen MR) is 65.2 cm³/mol. The fraction of sp³-hybridized carbons (Fsp3) is 0.231. The molecule has 2 aromatic rings. The Balaban J connectivity index is 2.10. The van der Waals surface area contributed by atoms with E-state index in [-0.39, 0.29) is 0 Å². The van der Waals surface area contributed by atoms with Gasteiger partial charge in [-0.3, -0.25) is 0 Å². The number of aryl methyl sites for hydroxylation is 1. The van der Waals surface area contributed by atoms with Crippen LogP contribution in [0.15, 0.2) is 41.4 Å². The van der Waals surface area contributed by atoms with Crippen LogP contribution < -0.4 is 5.32 Å². The van der Waals surface area contributed by atoms with Crippen molar-refractivity contribution in [2.24, 2.45) is 0 Å². The lowest BCUT2D eigenvalue weighted by Crippen LogP contribution is -2.82. The summed E-state index contributed by atoms with van der Waals surface area (Å²) in [5.41, 5.74) is 2.18. The summed E-state index contributed by atoms with van der Waals surface area (Å²) in [6.45, 7) is 7.24. The normalized spacial score (nSPS) is 10.4. The van der Waals surface area contributed by atoms with Gasteiger partial charge < -0.3 is 9.84 Å². The van der Waals surface area contributed by atoms with Crippen molar-refractivity contribution in [3.63, 3.8) is 0 Å². The molecule has 1 heterocycles. The maximum atomic E-state index is 5.18. The van der Waals surface area contributed by atoms with Crippen LogP contribution in [0.4, 0.5) is 0 Å². The van der Waals surface area contributed by atoms with Gasteiger partial charge in [-0.2, -0.15) is 4.98 Å². The van der Waals surface area contributed by atoms with Crippen LogP contribution in [-0.2, 0) is 6.54 Å². The number of hydrogen-bond acceptors (Lipinski definition) is 3. The van der Waals surface area contributed by atoms with Crippen molar-refractivity contribution in [1.82, 2.24) is 10.1 Å². The summed E-state index contributed by atoms with van der Waals surface area (Å²) < 4.78 is 5.18. The second kappa shape index (κ2) is 5.41. The Kier molecular flexibility index (Phi) is 3.67. The molecule has 0 bridgehead atoms. The molecule has 0 saturated carbocycles. The quantitative estimate of drug-likeness (QED) is 0.622. The van der Waals surface area contributed by atoms with Gasteiger partial charge in [0.2, 0.25) is 5.82 Å². The lowest BCUT2D eigenvalue weighted by atomic mass is 10.1. The largest absolute Gasteiger partial charge is 0.335 e. The zero-order valence-corrected chi connectivity index (χ0v) is 9.89. The molecule has 2 rings (SSSR count). The Labute approximate surface area is 100 Å². The first-order chi connectivity index (χ1) is 8.29. The lowest BCUT2D eigenvalue weighted by Gasteiger charge is -1.95. The average Bonchev–Trinajstić information content (AvgIpc) is 2.78. The van der Waals surface area contributed by atoms with E-state index in [1.807, 2.05) is 37.3 Å². The molecule has 0 radical (unpaired) electrons. The van der Waals surface area contributed by atoms with Gasteiger partial charge in [0.15, 0.2) is 6.54 Å². The van der Waals surface area contributed by atoms with Gasteiger partial charge in [-0.1, -0.05) is 35.5 Å². The van der Waals surface area contributed by atoms with Crippen LogP contribution in [0.5, 0.6) is 0 Å². The van der Waals surface area contributed by atoms with E-state index < -0.39 is 0 Å². The molecule has 0 saturated heterocycles. The zero-order chi connectivity index (χ0) is 12.1. The molecule has 0 aliphatic rings. The summed E-state index contributed by atoms with van der Waals surface area (Å²) in [7, 11) is 0.